The first-order valence-electron chi connectivity index (χ1n) is 3.19. The van der Waals surface area contributed by atoms with Gasteiger partial charge in [0.1, 0.15) is 0 Å². The number of rotatable bonds is 1. The largest absolute Gasteiger partial charge is 0.268 e. The third-order valence-electron chi connectivity index (χ3n) is 1.26. The standard InChI is InChI=1S/C8H5IN2O/c9-7-3-1-2-6(4-7)8(12)11-5-10/h1-4H,(H,11,12). The van der Waals surface area contributed by atoms with E-state index in [0.29, 0.717) is 5.56 Å². The van der Waals surface area contributed by atoms with Crippen LogP contribution in [-0.4, -0.2) is 5.91 Å². The molecule has 1 aromatic carbocycles. The molecule has 4 heteroatoms. The van der Waals surface area contributed by atoms with Gasteiger partial charge in [0.2, 0.25) is 0 Å². The van der Waals surface area contributed by atoms with Crippen molar-refractivity contribution in [2.75, 3.05) is 0 Å². The van der Waals surface area contributed by atoms with E-state index in [1.807, 2.05) is 6.07 Å². The van der Waals surface area contributed by atoms with Gasteiger partial charge >= 0.3 is 0 Å². The Morgan fingerprint density at radius 2 is 2.33 bits per heavy atom. The maximum Gasteiger partial charge on any atom is 0.264 e. The fraction of sp³-hybridized carbons (Fsp3) is 0. The van der Waals surface area contributed by atoms with Crippen LogP contribution >= 0.6 is 22.6 Å². The normalized spacial score (nSPS) is 8.67. The summed E-state index contributed by atoms with van der Waals surface area (Å²) < 4.78 is 0.971. The average molecular weight is 272 g/mol. The topological polar surface area (TPSA) is 52.9 Å². The van der Waals surface area contributed by atoms with Gasteiger partial charge in [0.15, 0.2) is 6.19 Å². The van der Waals surface area contributed by atoms with E-state index in [9.17, 15) is 4.79 Å². The number of carbonyl (C=O) groups excluding carboxylic acids is 1. The van der Waals surface area contributed by atoms with Crippen LogP contribution in [0.1, 0.15) is 10.4 Å². The first kappa shape index (κ1) is 9.00. The van der Waals surface area contributed by atoms with Crippen LogP contribution in [0.3, 0.4) is 0 Å². The molecule has 1 amide bonds. The molecule has 1 rings (SSSR count). The van der Waals surface area contributed by atoms with Gasteiger partial charge in [-0.3, -0.25) is 10.1 Å². The number of benzene rings is 1. The molecule has 12 heavy (non-hydrogen) atoms. The molecule has 0 aliphatic rings. The van der Waals surface area contributed by atoms with Crippen LogP contribution in [0.4, 0.5) is 0 Å². The lowest BCUT2D eigenvalue weighted by molar-refractivity contribution is 0.0973. The van der Waals surface area contributed by atoms with Crippen LogP contribution in [0.2, 0.25) is 0 Å². The summed E-state index contributed by atoms with van der Waals surface area (Å²) in [5.74, 6) is -0.365. The van der Waals surface area contributed by atoms with E-state index in [2.05, 4.69) is 27.9 Å². The van der Waals surface area contributed by atoms with Crippen molar-refractivity contribution < 1.29 is 4.79 Å². The van der Waals surface area contributed by atoms with Gasteiger partial charge in [-0.1, -0.05) is 6.07 Å². The average Bonchev–Trinajstić information content (AvgIpc) is 2.05. The van der Waals surface area contributed by atoms with Gasteiger partial charge < -0.3 is 0 Å². The Bertz CT molecular complexity index is 343. The second-order valence-corrected chi connectivity index (χ2v) is 3.32. The first-order chi connectivity index (χ1) is 5.74. The van der Waals surface area contributed by atoms with Crippen LogP contribution < -0.4 is 5.32 Å². The number of hydrogen-bond acceptors (Lipinski definition) is 2. The molecule has 0 spiro atoms. The third-order valence-corrected chi connectivity index (χ3v) is 1.93. The molecule has 3 nitrogen and oxygen atoms in total. The van der Waals surface area contributed by atoms with Crippen LogP contribution in [-0.2, 0) is 0 Å². The van der Waals surface area contributed by atoms with Crippen molar-refractivity contribution in [3.8, 4) is 6.19 Å². The molecule has 0 aromatic heterocycles. The minimum Gasteiger partial charge on any atom is -0.268 e. The molecule has 0 saturated heterocycles. The van der Waals surface area contributed by atoms with Crippen molar-refractivity contribution in [2.45, 2.75) is 0 Å². The zero-order chi connectivity index (χ0) is 8.97. The van der Waals surface area contributed by atoms with Crippen LogP contribution in [0.25, 0.3) is 0 Å². The lowest BCUT2D eigenvalue weighted by Gasteiger charge is -1.96. The molecular weight excluding hydrogens is 267 g/mol. The lowest BCUT2D eigenvalue weighted by atomic mass is 10.2. The monoisotopic (exact) mass is 272 g/mol. The van der Waals surface area contributed by atoms with Gasteiger partial charge in [-0.2, -0.15) is 5.26 Å². The molecule has 1 aromatic rings. The summed E-state index contributed by atoms with van der Waals surface area (Å²) in [5.41, 5.74) is 0.503. The highest BCUT2D eigenvalue weighted by molar-refractivity contribution is 14.1. The van der Waals surface area contributed by atoms with Crippen LogP contribution in [0.15, 0.2) is 24.3 Å². The number of nitrogens with one attached hydrogen (secondary N) is 1. The molecule has 1 N–H and O–H groups in total. The summed E-state index contributed by atoms with van der Waals surface area (Å²) in [4.78, 5) is 11.1. The van der Waals surface area contributed by atoms with Crippen molar-refractivity contribution >= 4 is 28.5 Å². The number of carbonyl (C=O) groups is 1. The molecule has 0 aliphatic carbocycles. The predicted octanol–water partition coefficient (Wildman–Crippen LogP) is 1.50. The third kappa shape index (κ3) is 2.20. The smallest absolute Gasteiger partial charge is 0.264 e. The minimum absolute atomic E-state index is 0.365. The van der Waals surface area contributed by atoms with Gasteiger partial charge in [-0.15, -0.1) is 0 Å². The number of hydrogen-bond donors (Lipinski definition) is 1. The quantitative estimate of drug-likeness (QED) is 0.478. The maximum atomic E-state index is 11.1. The summed E-state index contributed by atoms with van der Waals surface area (Å²) in [6.07, 6.45) is 1.58. The Hall–Kier alpha value is -1.09. The Labute approximate surface area is 83.5 Å². The first-order valence-corrected chi connectivity index (χ1v) is 4.27. The van der Waals surface area contributed by atoms with Gasteiger partial charge in [-0.05, 0) is 40.8 Å². The summed E-state index contributed by atoms with van der Waals surface area (Å²) in [5, 5.41) is 10.2. The molecule has 0 bridgehead atoms. The van der Waals surface area contributed by atoms with E-state index in [0.717, 1.165) is 3.57 Å². The van der Waals surface area contributed by atoms with Crippen LogP contribution in [0, 0.1) is 15.0 Å². The second kappa shape index (κ2) is 4.07. The second-order valence-electron chi connectivity index (χ2n) is 2.08. The van der Waals surface area contributed by atoms with Crippen LogP contribution in [0.5, 0.6) is 0 Å². The lowest BCUT2D eigenvalue weighted by Crippen LogP contribution is -2.17. The molecule has 0 fully saturated rings. The summed E-state index contributed by atoms with van der Waals surface area (Å²) in [6, 6.07) is 7.03. The molecule has 0 radical (unpaired) electrons. The molecule has 0 aliphatic heterocycles. The fourth-order valence-electron chi connectivity index (χ4n) is 0.753. The maximum absolute atomic E-state index is 11.1. The van der Waals surface area contributed by atoms with E-state index < -0.39 is 0 Å². The molecule has 60 valence electrons. The van der Waals surface area contributed by atoms with Crippen molar-refractivity contribution in [3.05, 3.63) is 33.4 Å². The number of amides is 1. The predicted molar refractivity (Wildman–Crippen MR) is 52.2 cm³/mol. The van der Waals surface area contributed by atoms with Crippen molar-refractivity contribution in [3.63, 3.8) is 0 Å². The summed E-state index contributed by atoms with van der Waals surface area (Å²) in [7, 11) is 0. The van der Waals surface area contributed by atoms with E-state index in [4.69, 9.17) is 5.26 Å². The number of nitrogens with zero attached hydrogens (tertiary/aromatic N) is 1. The van der Waals surface area contributed by atoms with Crippen molar-refractivity contribution in [1.82, 2.24) is 5.32 Å². The van der Waals surface area contributed by atoms with Gasteiger partial charge in [-0.25, -0.2) is 0 Å². The Morgan fingerprint density at radius 1 is 1.58 bits per heavy atom. The highest BCUT2D eigenvalue weighted by Crippen LogP contribution is 2.07. The molecule has 0 unspecified atom stereocenters. The summed E-state index contributed by atoms with van der Waals surface area (Å²) in [6.45, 7) is 0. The zero-order valence-corrected chi connectivity index (χ0v) is 8.20. The Kier molecular flexibility index (Phi) is 3.05. The number of nitriles is 1. The Balaban J connectivity index is 2.90. The van der Waals surface area contributed by atoms with Gasteiger partial charge in [0.25, 0.3) is 5.91 Å². The van der Waals surface area contributed by atoms with Gasteiger partial charge in [0, 0.05) is 9.13 Å². The molecule has 0 atom stereocenters. The van der Waals surface area contributed by atoms with Gasteiger partial charge in [0.05, 0.1) is 0 Å². The Morgan fingerprint density at radius 3 is 2.92 bits per heavy atom. The highest BCUT2D eigenvalue weighted by atomic mass is 127. The van der Waals surface area contributed by atoms with E-state index in [1.54, 1.807) is 24.4 Å². The van der Waals surface area contributed by atoms with E-state index in [1.165, 1.54) is 0 Å². The fourth-order valence-corrected chi connectivity index (χ4v) is 1.30. The minimum atomic E-state index is -0.365. The molecule has 0 heterocycles. The molecular formula is C8H5IN2O. The van der Waals surface area contributed by atoms with E-state index >= 15 is 0 Å². The SMILES string of the molecule is N#CNC(=O)c1cccc(I)c1. The van der Waals surface area contributed by atoms with E-state index in [-0.39, 0.29) is 5.91 Å². The highest BCUT2D eigenvalue weighted by Gasteiger charge is 2.02. The molecule has 0 saturated carbocycles. The summed E-state index contributed by atoms with van der Waals surface area (Å²) >= 11 is 2.10. The van der Waals surface area contributed by atoms with Crippen molar-refractivity contribution in [2.24, 2.45) is 0 Å². The number of halogens is 1. The van der Waals surface area contributed by atoms with Crippen molar-refractivity contribution in [1.29, 1.82) is 5.26 Å². The zero-order valence-electron chi connectivity index (χ0n) is 6.04.